The van der Waals surface area contributed by atoms with Gasteiger partial charge in [0.05, 0.1) is 12.1 Å². The van der Waals surface area contributed by atoms with E-state index >= 15 is 0 Å². The van der Waals surface area contributed by atoms with E-state index in [1.807, 2.05) is 21.7 Å². The van der Waals surface area contributed by atoms with Gasteiger partial charge in [-0.25, -0.2) is 9.37 Å². The molecule has 34 heavy (non-hydrogen) atoms. The molecule has 2 aliphatic rings. The molecule has 178 valence electrons. The third kappa shape index (κ3) is 3.86. The van der Waals surface area contributed by atoms with Gasteiger partial charge in [0.2, 0.25) is 0 Å². The van der Waals surface area contributed by atoms with Gasteiger partial charge in [-0.3, -0.25) is 9.59 Å². The standard InChI is InChI=1S/C26H27ClFN3O3/c1-26(2,3)31-13-17(14-5-7-20(27)21(28)9-14)15-6-8-22(29-24(15)31)25(33)30-11-18-16(19(18)12-30)10-23(32)34-4/h5-9,13,16,18-19H,10-12H2,1-4H3/t16-,18+,19-. The van der Waals surface area contributed by atoms with Crippen molar-refractivity contribution in [3.05, 3.63) is 53.1 Å². The van der Waals surface area contributed by atoms with Crippen LogP contribution in [0.1, 0.15) is 37.7 Å². The summed E-state index contributed by atoms with van der Waals surface area (Å²) in [5.74, 6) is 0.254. The molecule has 0 bridgehead atoms. The van der Waals surface area contributed by atoms with Crippen molar-refractivity contribution in [2.75, 3.05) is 20.2 Å². The molecular weight excluding hydrogens is 457 g/mol. The third-order valence-electron chi connectivity index (χ3n) is 7.11. The second-order valence-electron chi connectivity index (χ2n) is 10.3. The monoisotopic (exact) mass is 483 g/mol. The summed E-state index contributed by atoms with van der Waals surface area (Å²) in [6, 6.07) is 8.38. The zero-order valence-electron chi connectivity index (χ0n) is 19.6. The van der Waals surface area contributed by atoms with Crippen LogP contribution in [0.25, 0.3) is 22.2 Å². The lowest BCUT2D eigenvalue weighted by Crippen LogP contribution is -2.32. The average molecular weight is 484 g/mol. The predicted octanol–water partition coefficient (Wildman–Crippen LogP) is 5.13. The van der Waals surface area contributed by atoms with Gasteiger partial charge in [0.15, 0.2) is 0 Å². The van der Waals surface area contributed by atoms with Crippen molar-refractivity contribution in [2.45, 2.75) is 32.7 Å². The number of halogens is 2. The summed E-state index contributed by atoms with van der Waals surface area (Å²) in [6.07, 6.45) is 2.38. The van der Waals surface area contributed by atoms with E-state index in [9.17, 15) is 14.0 Å². The van der Waals surface area contributed by atoms with Crippen molar-refractivity contribution in [1.29, 1.82) is 0 Å². The maximum Gasteiger partial charge on any atom is 0.305 e. The fourth-order valence-corrected chi connectivity index (χ4v) is 5.30. The Labute approximate surface area is 202 Å². The van der Waals surface area contributed by atoms with Crippen molar-refractivity contribution < 1.29 is 18.7 Å². The molecule has 0 unspecified atom stereocenters. The molecular formula is C26H27ClFN3O3. The number of aromatic nitrogens is 2. The van der Waals surface area contributed by atoms with Crippen LogP contribution in [-0.4, -0.2) is 46.5 Å². The molecule has 1 aromatic carbocycles. The molecule has 6 nitrogen and oxygen atoms in total. The Morgan fingerprint density at radius 1 is 1.18 bits per heavy atom. The smallest absolute Gasteiger partial charge is 0.305 e. The fourth-order valence-electron chi connectivity index (χ4n) is 5.18. The summed E-state index contributed by atoms with van der Waals surface area (Å²) < 4.78 is 21.0. The number of benzene rings is 1. The molecule has 5 rings (SSSR count). The molecule has 2 aromatic heterocycles. The van der Waals surface area contributed by atoms with Gasteiger partial charge in [0.1, 0.15) is 17.2 Å². The Morgan fingerprint density at radius 3 is 2.50 bits per heavy atom. The van der Waals surface area contributed by atoms with Crippen molar-refractivity contribution in [1.82, 2.24) is 14.5 Å². The van der Waals surface area contributed by atoms with Crippen molar-refractivity contribution in [3.63, 3.8) is 0 Å². The van der Waals surface area contributed by atoms with Gasteiger partial charge in [0, 0.05) is 42.2 Å². The Bertz CT molecular complexity index is 1300. The van der Waals surface area contributed by atoms with E-state index < -0.39 is 5.82 Å². The quantitative estimate of drug-likeness (QED) is 0.482. The number of likely N-dealkylation sites (tertiary alicyclic amines) is 1. The minimum absolute atomic E-state index is 0.0757. The highest BCUT2D eigenvalue weighted by molar-refractivity contribution is 6.30. The Kier molecular flexibility index (Phi) is 5.43. The van der Waals surface area contributed by atoms with Crippen LogP contribution in [0.15, 0.2) is 36.5 Å². The maximum atomic E-state index is 14.2. The molecule has 3 aromatic rings. The lowest BCUT2D eigenvalue weighted by atomic mass is 10.1. The Balaban J connectivity index is 1.45. The first-order valence-electron chi connectivity index (χ1n) is 11.4. The lowest BCUT2D eigenvalue weighted by molar-refractivity contribution is -0.141. The topological polar surface area (TPSA) is 64.4 Å². The molecule has 2 fully saturated rings. The number of fused-ring (bicyclic) bond motifs is 2. The van der Waals surface area contributed by atoms with E-state index in [1.54, 1.807) is 18.2 Å². The second kappa shape index (κ2) is 8.08. The molecule has 1 saturated heterocycles. The molecule has 1 saturated carbocycles. The number of hydrogen-bond donors (Lipinski definition) is 0. The summed E-state index contributed by atoms with van der Waals surface area (Å²) in [6.45, 7) is 7.46. The highest BCUT2D eigenvalue weighted by Gasteiger charge is 2.57. The van der Waals surface area contributed by atoms with Crippen LogP contribution < -0.4 is 0 Å². The number of hydrogen-bond acceptors (Lipinski definition) is 4. The summed E-state index contributed by atoms with van der Waals surface area (Å²) in [5, 5.41) is 0.919. The molecule has 1 amide bonds. The van der Waals surface area contributed by atoms with Crippen LogP contribution in [0.5, 0.6) is 0 Å². The fraction of sp³-hybridized carbons (Fsp3) is 0.423. The minimum atomic E-state index is -0.478. The number of piperidine rings is 1. The van der Waals surface area contributed by atoms with Gasteiger partial charge in [-0.05, 0) is 68.4 Å². The number of pyridine rings is 1. The van der Waals surface area contributed by atoms with Crippen LogP contribution in [0.4, 0.5) is 4.39 Å². The summed E-state index contributed by atoms with van der Waals surface area (Å²) in [4.78, 5) is 31.4. The average Bonchev–Trinajstić information content (AvgIpc) is 3.15. The van der Waals surface area contributed by atoms with Gasteiger partial charge >= 0.3 is 5.97 Å². The SMILES string of the molecule is COC(=O)C[C@H]1[C@H]2CN(C(=O)c3ccc4c(-c5ccc(Cl)c(F)c5)cn(C(C)(C)C)c4n3)C[C@@H]12. The van der Waals surface area contributed by atoms with Gasteiger partial charge in [0.25, 0.3) is 5.91 Å². The number of nitrogens with zero attached hydrogens (tertiary/aromatic N) is 3. The highest BCUT2D eigenvalue weighted by atomic mass is 35.5. The number of ether oxygens (including phenoxy) is 1. The second-order valence-corrected chi connectivity index (χ2v) is 10.7. The molecule has 0 spiro atoms. The summed E-state index contributed by atoms with van der Waals surface area (Å²) in [7, 11) is 1.40. The van der Waals surface area contributed by atoms with E-state index in [-0.39, 0.29) is 22.4 Å². The van der Waals surface area contributed by atoms with E-state index in [4.69, 9.17) is 21.3 Å². The van der Waals surface area contributed by atoms with Crippen LogP contribution in [-0.2, 0) is 15.1 Å². The number of rotatable bonds is 4. The van der Waals surface area contributed by atoms with Gasteiger partial charge < -0.3 is 14.2 Å². The summed E-state index contributed by atoms with van der Waals surface area (Å²) >= 11 is 5.88. The maximum absolute atomic E-state index is 14.2. The Morgan fingerprint density at radius 2 is 1.88 bits per heavy atom. The Hall–Kier alpha value is -2.93. The number of amides is 1. The molecule has 1 aliphatic carbocycles. The van der Waals surface area contributed by atoms with E-state index in [0.717, 1.165) is 10.9 Å². The molecule has 0 N–H and O–H groups in total. The van der Waals surface area contributed by atoms with Crippen LogP contribution in [0, 0.1) is 23.6 Å². The zero-order valence-corrected chi connectivity index (χ0v) is 20.4. The first-order chi connectivity index (χ1) is 16.1. The normalized spacial score (nSPS) is 21.6. The first kappa shape index (κ1) is 22.8. The zero-order chi connectivity index (χ0) is 24.4. The number of methoxy groups -OCH3 is 1. The van der Waals surface area contributed by atoms with Crippen LogP contribution >= 0.6 is 11.6 Å². The number of carbonyl (C=O) groups excluding carboxylic acids is 2. The molecule has 8 heteroatoms. The first-order valence-corrected chi connectivity index (χ1v) is 11.8. The minimum Gasteiger partial charge on any atom is -0.469 e. The predicted molar refractivity (Wildman–Crippen MR) is 128 cm³/mol. The van der Waals surface area contributed by atoms with E-state index in [1.165, 1.54) is 13.2 Å². The van der Waals surface area contributed by atoms with E-state index in [0.29, 0.717) is 54.2 Å². The molecule has 1 aliphatic heterocycles. The molecule has 3 atom stereocenters. The molecule has 0 radical (unpaired) electrons. The van der Waals surface area contributed by atoms with Gasteiger partial charge in [-0.2, -0.15) is 0 Å². The van der Waals surface area contributed by atoms with Crippen LogP contribution in [0.3, 0.4) is 0 Å². The van der Waals surface area contributed by atoms with Crippen molar-refractivity contribution in [3.8, 4) is 11.1 Å². The lowest BCUT2D eigenvalue weighted by Gasteiger charge is -2.23. The van der Waals surface area contributed by atoms with Crippen molar-refractivity contribution >= 4 is 34.5 Å². The van der Waals surface area contributed by atoms with Crippen molar-refractivity contribution in [2.24, 2.45) is 17.8 Å². The number of carbonyl (C=O) groups is 2. The van der Waals surface area contributed by atoms with E-state index in [2.05, 4.69) is 20.8 Å². The van der Waals surface area contributed by atoms with Gasteiger partial charge in [-0.15, -0.1) is 0 Å². The van der Waals surface area contributed by atoms with Crippen LogP contribution in [0.2, 0.25) is 5.02 Å². The largest absolute Gasteiger partial charge is 0.469 e. The summed E-state index contributed by atoms with van der Waals surface area (Å²) in [5.41, 5.74) is 2.30. The molecule has 3 heterocycles. The van der Waals surface area contributed by atoms with Gasteiger partial charge in [-0.1, -0.05) is 17.7 Å². The third-order valence-corrected chi connectivity index (χ3v) is 7.42. The highest BCUT2D eigenvalue weighted by Crippen LogP contribution is 2.53. The number of esters is 1.